The van der Waals surface area contributed by atoms with Crippen LogP contribution in [0.5, 0.6) is 5.75 Å². The number of imide groups is 1. The number of nitrogens with one attached hydrogen (secondary N) is 2. The second-order valence-corrected chi connectivity index (χ2v) is 23.1. The number of halogens is 1. The number of aryl methyl sites for hydroxylation is 3. The zero-order valence-corrected chi connectivity index (χ0v) is 41.8. The number of amides is 3. The zero-order chi connectivity index (χ0) is 47.6. The first-order valence-corrected chi connectivity index (χ1v) is 27.2. The number of ether oxygens (including phenoxy) is 1. The van der Waals surface area contributed by atoms with E-state index in [0.717, 1.165) is 81.1 Å². The third-order valence-electron chi connectivity index (χ3n) is 14.3. The van der Waals surface area contributed by atoms with Gasteiger partial charge in [0.25, 0.3) is 5.91 Å². The van der Waals surface area contributed by atoms with Crippen molar-refractivity contribution in [1.29, 1.82) is 0 Å². The van der Waals surface area contributed by atoms with Gasteiger partial charge in [0.2, 0.25) is 11.8 Å². The maximum Gasteiger partial charge on any atom is 0.255 e. The highest BCUT2D eigenvalue weighted by Gasteiger charge is 2.40. The molecule has 0 radical (unpaired) electrons. The van der Waals surface area contributed by atoms with E-state index in [4.69, 9.17) is 9.72 Å². The van der Waals surface area contributed by atoms with Crippen LogP contribution >= 0.6 is 23.1 Å². The number of fused-ring (bicyclic) bond motifs is 2. The molecule has 3 amide bonds. The van der Waals surface area contributed by atoms with Crippen LogP contribution in [0.4, 0.5) is 17.2 Å². The van der Waals surface area contributed by atoms with Crippen molar-refractivity contribution in [1.82, 2.24) is 35.1 Å². The van der Waals surface area contributed by atoms with Crippen molar-refractivity contribution >= 4 is 74.3 Å². The molecular weight excluding hydrogens is 942 g/mol. The van der Waals surface area contributed by atoms with Crippen molar-refractivity contribution < 1.29 is 23.7 Å². The van der Waals surface area contributed by atoms with Crippen LogP contribution < -0.4 is 25.6 Å². The van der Waals surface area contributed by atoms with E-state index in [1.165, 1.54) is 42.5 Å². The number of nitrogens with zero attached hydrogens (tertiary/aromatic N) is 7. The molecule has 4 aliphatic rings. The van der Waals surface area contributed by atoms with Gasteiger partial charge in [-0.1, -0.05) is 24.0 Å². The Labute approximate surface area is 406 Å². The highest BCUT2D eigenvalue weighted by atomic mass is 79.9. The number of benzene rings is 3. The predicted molar refractivity (Wildman–Crippen MR) is 270 cm³/mol. The second kappa shape index (κ2) is 20.1. The third kappa shape index (κ3) is 10.2. The molecule has 16 heteroatoms. The molecule has 3 aromatic carbocycles. The molecule has 5 aromatic rings. The average Bonchev–Trinajstić information content (AvgIpc) is 3.66. The molecule has 2 N–H and O–H groups in total. The molecule has 68 heavy (non-hydrogen) atoms. The third-order valence-corrected chi connectivity index (χ3v) is 16.4. The molecule has 354 valence electrons. The number of methoxy groups -OCH3 is 1. The number of hydrogen-bond donors (Lipinski definition) is 2. The summed E-state index contributed by atoms with van der Waals surface area (Å²) in [6, 6.07) is 13.3. The number of hydrogen-bond acceptors (Lipinski definition) is 12. The lowest BCUT2D eigenvalue weighted by Crippen LogP contribution is -2.52. The maximum absolute atomic E-state index is 13.5. The Morgan fingerprint density at radius 2 is 1.75 bits per heavy atom. The van der Waals surface area contributed by atoms with Gasteiger partial charge in [-0.2, -0.15) is 0 Å². The standard InChI is InChI=1S/C52H59BrN9O5P/c1-34-30-36(12-9-14-45-56-32-39(53)49(58-45)57-41-16-15-40-47(55-24-23-54-40)48(41)68(3,4)66)44(67-2)31-43(34)61-28-21-52(22-29-61)19-26-60(27-20-52)25-7-5-6-10-35-11-8-13-37-38(35)33-62(51(37)65)42-17-18-46(63)59-50(42)64/h8,11,13,15-16,23-24,30-32,42H,5,7,9,12,14,17-22,25-29,33H2,1-4H3,(H,56,57,58)(H,59,63,64). The summed E-state index contributed by atoms with van der Waals surface area (Å²) >= 11 is 3.61. The molecule has 2 aromatic heterocycles. The molecule has 6 heterocycles. The van der Waals surface area contributed by atoms with Crippen LogP contribution in [0.15, 0.2) is 65.5 Å². The van der Waals surface area contributed by atoms with Crippen LogP contribution in [0.1, 0.15) is 96.2 Å². The smallest absolute Gasteiger partial charge is 0.255 e. The van der Waals surface area contributed by atoms with E-state index in [-0.39, 0.29) is 18.2 Å². The van der Waals surface area contributed by atoms with E-state index in [9.17, 15) is 18.9 Å². The lowest BCUT2D eigenvalue weighted by molar-refractivity contribution is -0.136. The van der Waals surface area contributed by atoms with Crippen molar-refractivity contribution in [2.24, 2.45) is 5.41 Å². The molecule has 4 aliphatic heterocycles. The Hall–Kier alpha value is -5.68. The molecule has 0 aliphatic carbocycles. The van der Waals surface area contributed by atoms with Crippen LogP contribution in [0.3, 0.4) is 0 Å². The molecule has 1 spiro atoms. The lowest BCUT2D eigenvalue weighted by atomic mass is 9.71. The number of unbranched alkanes of at least 4 members (excludes halogenated alkanes) is 1. The van der Waals surface area contributed by atoms with Crippen LogP contribution in [-0.4, -0.2) is 107 Å². The first kappa shape index (κ1) is 47.4. The van der Waals surface area contributed by atoms with Crippen LogP contribution in [0.2, 0.25) is 0 Å². The van der Waals surface area contributed by atoms with Gasteiger partial charge in [0.15, 0.2) is 0 Å². The van der Waals surface area contributed by atoms with Crippen molar-refractivity contribution in [3.63, 3.8) is 0 Å². The molecule has 1 atom stereocenters. The lowest BCUT2D eigenvalue weighted by Gasteiger charge is -2.47. The van der Waals surface area contributed by atoms with E-state index in [2.05, 4.69) is 82.2 Å². The molecule has 14 nitrogen and oxygen atoms in total. The van der Waals surface area contributed by atoms with Crippen LogP contribution in [0, 0.1) is 24.2 Å². The summed E-state index contributed by atoms with van der Waals surface area (Å²) < 4.78 is 20.2. The number of anilines is 3. The monoisotopic (exact) mass is 999 g/mol. The van der Waals surface area contributed by atoms with Crippen molar-refractivity contribution in [2.45, 2.75) is 90.1 Å². The van der Waals surface area contributed by atoms with Gasteiger partial charge in [-0.15, -0.1) is 0 Å². The van der Waals surface area contributed by atoms with Gasteiger partial charge < -0.3 is 29.3 Å². The first-order valence-electron chi connectivity index (χ1n) is 23.8. The number of aromatic nitrogens is 4. The van der Waals surface area contributed by atoms with Gasteiger partial charge >= 0.3 is 0 Å². The summed E-state index contributed by atoms with van der Waals surface area (Å²) in [6.07, 6.45) is 14.6. The topological polar surface area (TPSA) is 163 Å². The van der Waals surface area contributed by atoms with E-state index in [1.807, 2.05) is 24.3 Å². The van der Waals surface area contributed by atoms with E-state index in [1.54, 1.807) is 50.0 Å². The van der Waals surface area contributed by atoms with Crippen molar-refractivity contribution in [3.05, 3.63) is 99.2 Å². The van der Waals surface area contributed by atoms with Gasteiger partial charge in [-0.3, -0.25) is 29.7 Å². The molecule has 3 fully saturated rings. The average molecular weight is 1000 g/mol. The van der Waals surface area contributed by atoms with Gasteiger partial charge in [0.05, 0.1) is 28.1 Å². The fraction of sp³-hybridized carbons (Fsp3) is 0.442. The Morgan fingerprint density at radius 3 is 2.51 bits per heavy atom. The summed E-state index contributed by atoms with van der Waals surface area (Å²) in [5.74, 6) is 8.07. The Kier molecular flexibility index (Phi) is 14.0. The highest BCUT2D eigenvalue weighted by molar-refractivity contribution is 9.10. The Bertz CT molecular complexity index is 2880. The fourth-order valence-electron chi connectivity index (χ4n) is 10.5. The van der Waals surface area contributed by atoms with Crippen LogP contribution in [0.25, 0.3) is 11.0 Å². The Balaban J connectivity index is 0.737. The number of carbonyl (C=O) groups excluding carboxylic acids is 3. The van der Waals surface area contributed by atoms with Gasteiger partial charge in [0.1, 0.15) is 36.1 Å². The van der Waals surface area contributed by atoms with Crippen LogP contribution in [-0.2, 0) is 33.5 Å². The molecular formula is C52H59BrN9O5P. The minimum Gasteiger partial charge on any atom is -0.496 e. The second-order valence-electron chi connectivity index (χ2n) is 19.1. The van der Waals surface area contributed by atoms with E-state index in [0.29, 0.717) is 62.7 Å². The number of rotatable bonds is 13. The van der Waals surface area contributed by atoms with Gasteiger partial charge in [0, 0.05) is 80.4 Å². The van der Waals surface area contributed by atoms with E-state index < -0.39 is 19.1 Å². The molecule has 0 saturated carbocycles. The highest BCUT2D eigenvalue weighted by Crippen LogP contribution is 2.44. The predicted octanol–water partition coefficient (Wildman–Crippen LogP) is 7.94. The summed E-state index contributed by atoms with van der Waals surface area (Å²) in [7, 11) is -0.972. The Morgan fingerprint density at radius 1 is 0.971 bits per heavy atom. The first-order chi connectivity index (χ1) is 32.8. The number of likely N-dealkylation sites (tertiary alicyclic amines) is 1. The minimum atomic E-state index is -2.73. The maximum atomic E-state index is 13.5. The number of piperidine rings is 3. The molecule has 1 unspecified atom stereocenters. The fourth-order valence-corrected chi connectivity index (χ4v) is 12.2. The molecule has 0 bridgehead atoms. The molecule has 3 saturated heterocycles. The largest absolute Gasteiger partial charge is 0.496 e. The minimum absolute atomic E-state index is 0.170. The normalized spacial score (nSPS) is 18.4. The SMILES string of the molecule is COc1cc(N2CCC3(CCN(CCCC#Cc4cccc5c4CN(C4CCC(=O)NC4=O)C5=O)CC3)CC2)c(C)cc1CCCc1ncc(Br)c(Nc2ccc3nccnc3c2P(C)(C)=O)n1. The summed E-state index contributed by atoms with van der Waals surface area (Å²) in [5.41, 5.74) is 8.41. The number of carbonyl (C=O) groups is 3. The summed E-state index contributed by atoms with van der Waals surface area (Å²) in [6.45, 7) is 11.4. The van der Waals surface area contributed by atoms with Crippen molar-refractivity contribution in [2.75, 3.05) is 63.4 Å². The van der Waals surface area contributed by atoms with Gasteiger partial charge in [-0.05, 0) is 154 Å². The van der Waals surface area contributed by atoms with Crippen molar-refractivity contribution in [3.8, 4) is 17.6 Å². The van der Waals surface area contributed by atoms with Gasteiger partial charge in [-0.25, -0.2) is 9.97 Å². The summed E-state index contributed by atoms with van der Waals surface area (Å²) in [5, 5.41) is 6.44. The zero-order valence-electron chi connectivity index (χ0n) is 39.4. The quantitative estimate of drug-likeness (QED) is 0.0508. The molecule has 9 rings (SSSR count). The summed E-state index contributed by atoms with van der Waals surface area (Å²) in [4.78, 5) is 62.5. The van der Waals surface area contributed by atoms with E-state index >= 15 is 0 Å².